The number of hydrogen-bond acceptors (Lipinski definition) is 4. The average Bonchev–Trinajstić information content (AvgIpc) is 2.46. The summed E-state index contributed by atoms with van der Waals surface area (Å²) in [4.78, 5) is 4.47. The molecule has 2 heterocycles. The molecule has 1 aromatic rings. The maximum Gasteiger partial charge on any atom is 0.129 e. The van der Waals surface area contributed by atoms with E-state index in [4.69, 9.17) is 10.5 Å². The molecule has 0 saturated heterocycles. The Morgan fingerprint density at radius 2 is 2.38 bits per heavy atom. The summed E-state index contributed by atoms with van der Waals surface area (Å²) in [7, 11) is 1.70. The first-order valence-electron chi connectivity index (χ1n) is 3.70. The van der Waals surface area contributed by atoms with Crippen molar-refractivity contribution < 1.29 is 4.74 Å². The van der Waals surface area contributed by atoms with E-state index in [0.29, 0.717) is 0 Å². The van der Waals surface area contributed by atoms with Crippen LogP contribution in [0.1, 0.15) is 12.5 Å². The highest BCUT2D eigenvalue weighted by Crippen LogP contribution is 2.39. The number of methoxy groups -OCH3 is 1. The first kappa shape index (κ1) is 9.29. The number of nitrogens with two attached hydrogens (primary N) is 1. The lowest BCUT2D eigenvalue weighted by Gasteiger charge is -2.09. The number of rotatable bonds is 1. The Hall–Kier alpha value is -0.270. The fourth-order valence-corrected chi connectivity index (χ4v) is 4.46. The Labute approximate surface area is 90.4 Å². The van der Waals surface area contributed by atoms with Crippen molar-refractivity contribution in [2.75, 3.05) is 12.8 Å². The predicted octanol–water partition coefficient (Wildman–Crippen LogP) is 2.49. The molecule has 0 atom stereocenters. The second kappa shape index (κ2) is 3.47. The summed E-state index contributed by atoms with van der Waals surface area (Å²) in [5, 5.41) is 2.92. The number of thiophene rings is 1. The molecule has 0 bridgehead atoms. The van der Waals surface area contributed by atoms with Crippen LogP contribution < -0.4 is 5.73 Å². The third-order valence-corrected chi connectivity index (χ3v) is 5.04. The normalized spacial score (nSPS) is 15.5. The van der Waals surface area contributed by atoms with Gasteiger partial charge in [0.2, 0.25) is 0 Å². The molecule has 2 N–H and O–H groups in total. The fourth-order valence-electron chi connectivity index (χ4n) is 1.11. The van der Waals surface area contributed by atoms with Gasteiger partial charge in [0.25, 0.3) is 0 Å². The van der Waals surface area contributed by atoms with Crippen LogP contribution in [0.3, 0.4) is 0 Å². The molecule has 0 radical (unpaired) electrons. The van der Waals surface area contributed by atoms with Crippen molar-refractivity contribution in [3.63, 3.8) is 0 Å². The average molecular weight is 308 g/mol. The Balaban J connectivity index is 2.63. The van der Waals surface area contributed by atoms with Crippen LogP contribution in [0.5, 0.6) is 0 Å². The summed E-state index contributed by atoms with van der Waals surface area (Å²) in [5.41, 5.74) is 7.66. The van der Waals surface area contributed by atoms with Crippen molar-refractivity contribution in [3.05, 3.63) is 10.9 Å². The van der Waals surface area contributed by atoms with Gasteiger partial charge in [0.1, 0.15) is 8.70 Å². The molecule has 0 aliphatic carbocycles. The maximum absolute atomic E-state index is 5.83. The van der Waals surface area contributed by atoms with E-state index in [-0.39, 0.29) is 20.7 Å². The van der Waals surface area contributed by atoms with Gasteiger partial charge in [-0.15, -0.1) is 11.3 Å². The standard InChI is InChI=1S/C8H9IN2OS/c1-4-9-7(12-2)6-5(10)3-13-8(6)11-4/h3H,10H2,1-2H3. The number of aliphatic imine (C=N–C) groups is 1. The number of nitrogens with zero attached hydrogens (tertiary/aromatic N) is 1. The minimum atomic E-state index is -0.223. The molecule has 1 aromatic heterocycles. The molecule has 0 unspecified atom stereocenters. The van der Waals surface area contributed by atoms with E-state index in [1.165, 1.54) is 3.72 Å². The smallest absolute Gasteiger partial charge is 0.129 e. The van der Waals surface area contributed by atoms with Crippen LogP contribution in [0.4, 0.5) is 10.7 Å². The van der Waals surface area contributed by atoms with Gasteiger partial charge in [0.15, 0.2) is 0 Å². The van der Waals surface area contributed by atoms with Crippen LogP contribution >= 0.6 is 32.1 Å². The summed E-state index contributed by atoms with van der Waals surface area (Å²) in [6.07, 6.45) is 0. The second-order valence-electron chi connectivity index (χ2n) is 2.55. The Kier molecular flexibility index (Phi) is 2.48. The highest BCUT2D eigenvalue weighted by Gasteiger charge is 2.18. The Morgan fingerprint density at radius 3 is 3.08 bits per heavy atom. The van der Waals surface area contributed by atoms with Gasteiger partial charge in [0, 0.05) is 12.5 Å². The SMILES string of the molecule is COC1=IC(C)=Nc2scc(N)c21. The van der Waals surface area contributed by atoms with Crippen molar-refractivity contribution in [2.24, 2.45) is 4.99 Å². The fraction of sp³-hybridized carbons (Fsp3) is 0.250. The van der Waals surface area contributed by atoms with E-state index >= 15 is 0 Å². The van der Waals surface area contributed by atoms with Crippen LogP contribution in [0, 0.1) is 0 Å². The molecule has 3 nitrogen and oxygen atoms in total. The van der Waals surface area contributed by atoms with Gasteiger partial charge >= 0.3 is 0 Å². The van der Waals surface area contributed by atoms with Crippen molar-refractivity contribution in [1.82, 2.24) is 0 Å². The van der Waals surface area contributed by atoms with Crippen molar-refractivity contribution >= 4 is 50.2 Å². The third-order valence-electron chi connectivity index (χ3n) is 1.65. The van der Waals surface area contributed by atoms with E-state index in [0.717, 1.165) is 19.9 Å². The molecule has 1 aliphatic heterocycles. The lowest BCUT2D eigenvalue weighted by atomic mass is 10.3. The first-order valence-corrected chi connectivity index (χ1v) is 6.74. The van der Waals surface area contributed by atoms with Gasteiger partial charge in [0.05, 0.1) is 15.0 Å². The van der Waals surface area contributed by atoms with Gasteiger partial charge in [-0.3, -0.25) is 0 Å². The lowest BCUT2D eigenvalue weighted by Crippen LogP contribution is -2.06. The Bertz CT molecular complexity index is 408. The topological polar surface area (TPSA) is 47.6 Å². The highest BCUT2D eigenvalue weighted by molar-refractivity contribution is 14.2. The van der Waals surface area contributed by atoms with E-state index in [1.807, 2.05) is 12.3 Å². The van der Waals surface area contributed by atoms with E-state index in [1.54, 1.807) is 18.4 Å². The van der Waals surface area contributed by atoms with Gasteiger partial charge in [-0.1, -0.05) is 0 Å². The highest BCUT2D eigenvalue weighted by atomic mass is 127. The molecular formula is C8H9IN2OS. The minimum Gasteiger partial charge on any atom is -0.397 e. The number of fused-ring (bicyclic) bond motifs is 1. The molecule has 70 valence electrons. The van der Waals surface area contributed by atoms with Crippen LogP contribution in [0.2, 0.25) is 0 Å². The molecule has 13 heavy (non-hydrogen) atoms. The largest absolute Gasteiger partial charge is 0.397 e. The summed E-state index contributed by atoms with van der Waals surface area (Å²) in [6.45, 7) is 2.05. The number of nitrogen functional groups attached to an aromatic ring is 1. The second-order valence-corrected chi connectivity index (χ2v) is 6.49. The first-order chi connectivity index (χ1) is 6.22. The molecule has 0 fully saturated rings. The lowest BCUT2D eigenvalue weighted by molar-refractivity contribution is 0.418. The van der Waals surface area contributed by atoms with Crippen molar-refractivity contribution in [3.8, 4) is 0 Å². The number of ether oxygens (including phenoxy) is 1. The zero-order valence-corrected chi connectivity index (χ0v) is 10.3. The number of hydrogen-bond donors (Lipinski definition) is 1. The quantitative estimate of drug-likeness (QED) is 0.810. The summed E-state index contributed by atoms with van der Waals surface area (Å²) >= 11 is 1.36. The predicted molar refractivity (Wildman–Crippen MR) is 66.6 cm³/mol. The molecule has 5 heteroatoms. The molecule has 0 amide bonds. The van der Waals surface area contributed by atoms with Crippen LogP contribution in [0.15, 0.2) is 10.4 Å². The maximum atomic E-state index is 5.83. The van der Waals surface area contributed by atoms with Crippen LogP contribution in [-0.4, -0.2) is 14.5 Å². The van der Waals surface area contributed by atoms with Crippen LogP contribution in [-0.2, 0) is 4.74 Å². The molecule has 0 aromatic carbocycles. The monoisotopic (exact) mass is 308 g/mol. The van der Waals surface area contributed by atoms with E-state index in [2.05, 4.69) is 4.99 Å². The molecular weight excluding hydrogens is 299 g/mol. The molecule has 0 saturated carbocycles. The number of anilines is 1. The molecule has 2 rings (SSSR count). The summed E-state index contributed by atoms with van der Waals surface area (Å²) in [6, 6.07) is 0. The Morgan fingerprint density at radius 1 is 1.62 bits per heavy atom. The van der Waals surface area contributed by atoms with Gasteiger partial charge < -0.3 is 10.5 Å². The molecule has 1 aliphatic rings. The van der Waals surface area contributed by atoms with Crippen LogP contribution in [0.25, 0.3) is 0 Å². The van der Waals surface area contributed by atoms with Gasteiger partial charge in [-0.2, -0.15) is 0 Å². The molecule has 0 spiro atoms. The third kappa shape index (κ3) is 1.55. The summed E-state index contributed by atoms with van der Waals surface area (Å²) < 4.78 is 7.57. The van der Waals surface area contributed by atoms with Gasteiger partial charge in [-0.25, -0.2) is 4.99 Å². The zero-order chi connectivity index (χ0) is 9.42. The van der Waals surface area contributed by atoms with E-state index < -0.39 is 0 Å². The zero-order valence-electron chi connectivity index (χ0n) is 7.30. The minimum absolute atomic E-state index is 0.223. The van der Waals surface area contributed by atoms with Crippen molar-refractivity contribution in [2.45, 2.75) is 6.92 Å². The number of halogens is 1. The van der Waals surface area contributed by atoms with E-state index in [9.17, 15) is 0 Å². The summed E-state index contributed by atoms with van der Waals surface area (Å²) in [5.74, 6) is 0. The van der Waals surface area contributed by atoms with Crippen molar-refractivity contribution in [1.29, 1.82) is 0 Å². The van der Waals surface area contributed by atoms with Gasteiger partial charge in [-0.05, 0) is 27.7 Å².